The summed E-state index contributed by atoms with van der Waals surface area (Å²) >= 11 is 0. The van der Waals surface area contributed by atoms with Crippen molar-refractivity contribution < 1.29 is 28.5 Å². The quantitative estimate of drug-likeness (QED) is 0.166. The smallest absolute Gasteiger partial charge is 0.352 e. The summed E-state index contributed by atoms with van der Waals surface area (Å²) in [5.74, 6) is -0.396. The van der Waals surface area contributed by atoms with Crippen molar-refractivity contribution in [1.82, 2.24) is 13.9 Å². The highest BCUT2D eigenvalue weighted by Crippen LogP contribution is 2.43. The number of esters is 1. The van der Waals surface area contributed by atoms with E-state index in [0.29, 0.717) is 23.6 Å². The molecule has 0 unspecified atom stereocenters. The van der Waals surface area contributed by atoms with E-state index in [1.807, 2.05) is 91.0 Å². The minimum Gasteiger partial charge on any atom is -0.487 e. The number of para-hydroxylation sites is 1. The Morgan fingerprint density at radius 1 is 0.667 bits per heavy atom. The Hall–Kier alpha value is -5.49. The summed E-state index contributed by atoms with van der Waals surface area (Å²) in [6, 6.07) is 35.5. The number of hydrogen-bond acceptors (Lipinski definition) is 8. The lowest BCUT2D eigenvalue weighted by Crippen LogP contribution is -2.58. The van der Waals surface area contributed by atoms with Crippen molar-refractivity contribution in [3.63, 3.8) is 0 Å². The van der Waals surface area contributed by atoms with E-state index in [9.17, 15) is 14.4 Å². The third-order valence-corrected chi connectivity index (χ3v) is 9.27. The van der Waals surface area contributed by atoms with Gasteiger partial charge in [-0.2, -0.15) is 0 Å². The van der Waals surface area contributed by atoms with Gasteiger partial charge >= 0.3 is 17.3 Å². The Balaban J connectivity index is 1.36. The van der Waals surface area contributed by atoms with Crippen molar-refractivity contribution in [2.24, 2.45) is 0 Å². The number of hydrogen-bond donors (Lipinski definition) is 0. The zero-order valence-corrected chi connectivity index (χ0v) is 28.4. The topological polar surface area (TPSA) is 112 Å². The van der Waals surface area contributed by atoms with Gasteiger partial charge in [0.15, 0.2) is 12.1 Å². The fourth-order valence-electron chi connectivity index (χ4n) is 6.80. The number of aromatic nitrogens is 3. The first-order valence-electron chi connectivity index (χ1n) is 16.9. The van der Waals surface area contributed by atoms with Crippen LogP contribution in [0.25, 0.3) is 5.69 Å². The van der Waals surface area contributed by atoms with Gasteiger partial charge in [0, 0.05) is 5.57 Å². The van der Waals surface area contributed by atoms with Crippen molar-refractivity contribution in [3.05, 3.63) is 170 Å². The van der Waals surface area contributed by atoms with Crippen LogP contribution in [0, 0.1) is 0 Å². The number of methoxy groups -OCH3 is 1. The summed E-state index contributed by atoms with van der Waals surface area (Å²) in [6.07, 6.45) is -2.37. The van der Waals surface area contributed by atoms with E-state index in [4.69, 9.17) is 23.7 Å². The molecule has 0 saturated carbocycles. The van der Waals surface area contributed by atoms with Gasteiger partial charge in [0.25, 0.3) is 0 Å². The van der Waals surface area contributed by atoms with E-state index < -0.39 is 47.7 Å². The molecule has 5 atom stereocenters. The average Bonchev–Trinajstić information content (AvgIpc) is 3.43. The Bertz CT molecular complexity index is 2090. The molecule has 1 saturated heterocycles. The predicted octanol–water partition coefficient (Wildman–Crippen LogP) is 5.13. The van der Waals surface area contributed by atoms with E-state index in [0.717, 1.165) is 25.9 Å². The summed E-state index contributed by atoms with van der Waals surface area (Å²) in [5.41, 5.74) is 2.24. The molecule has 0 N–H and O–H groups in total. The van der Waals surface area contributed by atoms with Crippen molar-refractivity contribution in [2.75, 3.05) is 13.7 Å². The van der Waals surface area contributed by atoms with Crippen LogP contribution in [0.5, 0.6) is 0 Å². The number of ether oxygens (including phenoxy) is 5. The molecule has 7 rings (SSSR count). The zero-order valence-electron chi connectivity index (χ0n) is 28.4. The Kier molecular flexibility index (Phi) is 10.1. The third kappa shape index (κ3) is 6.83. The highest BCUT2D eigenvalue weighted by molar-refractivity contribution is 5.78. The molecule has 4 aromatic carbocycles. The van der Waals surface area contributed by atoms with Crippen LogP contribution in [0.1, 0.15) is 35.7 Å². The summed E-state index contributed by atoms with van der Waals surface area (Å²) in [6.45, 7) is 2.55. The Morgan fingerprint density at radius 2 is 1.16 bits per heavy atom. The Labute approximate surface area is 294 Å². The number of benzene rings is 4. The van der Waals surface area contributed by atoms with Crippen LogP contribution in [0.15, 0.2) is 142 Å². The molecule has 2 aliphatic heterocycles. The number of fused-ring (bicyclic) bond motifs is 3. The summed E-state index contributed by atoms with van der Waals surface area (Å²) in [7, 11) is 1.25. The minimum absolute atomic E-state index is 0.110. The van der Waals surface area contributed by atoms with Crippen LogP contribution in [0.4, 0.5) is 0 Å². The van der Waals surface area contributed by atoms with Gasteiger partial charge < -0.3 is 23.7 Å². The van der Waals surface area contributed by atoms with E-state index in [2.05, 4.69) is 0 Å². The average molecular weight is 690 g/mol. The molecule has 1 aromatic heterocycles. The Morgan fingerprint density at radius 3 is 1.71 bits per heavy atom. The monoisotopic (exact) mass is 689 g/mol. The van der Waals surface area contributed by atoms with Crippen molar-refractivity contribution in [1.29, 1.82) is 0 Å². The molecular formula is C40H39N3O8. The van der Waals surface area contributed by atoms with Crippen molar-refractivity contribution in [2.45, 2.75) is 57.1 Å². The molecule has 11 heteroatoms. The molecule has 0 spiro atoms. The van der Waals surface area contributed by atoms with Crippen molar-refractivity contribution in [3.8, 4) is 5.69 Å². The summed E-state index contributed by atoms with van der Waals surface area (Å²) in [4.78, 5) is 42.2. The number of carbonyl (C=O) groups is 1. The highest BCUT2D eigenvalue weighted by atomic mass is 16.6. The van der Waals surface area contributed by atoms with Gasteiger partial charge in [-0.25, -0.2) is 28.3 Å². The van der Waals surface area contributed by atoms with Gasteiger partial charge in [-0.1, -0.05) is 109 Å². The van der Waals surface area contributed by atoms with Gasteiger partial charge in [0.1, 0.15) is 24.0 Å². The zero-order chi connectivity index (χ0) is 35.3. The highest BCUT2D eigenvalue weighted by Gasteiger charge is 2.53. The lowest BCUT2D eigenvalue weighted by molar-refractivity contribution is -0.200. The predicted molar refractivity (Wildman–Crippen MR) is 188 cm³/mol. The maximum atomic E-state index is 14.5. The van der Waals surface area contributed by atoms with Gasteiger partial charge in [0.2, 0.25) is 0 Å². The normalized spacial score (nSPS) is 21.0. The molecular weight excluding hydrogens is 650 g/mol. The second kappa shape index (κ2) is 15.2. The first-order valence-corrected chi connectivity index (χ1v) is 16.9. The number of nitrogens with zero attached hydrogens (tertiary/aromatic N) is 3. The second-order valence-corrected chi connectivity index (χ2v) is 12.5. The van der Waals surface area contributed by atoms with Crippen LogP contribution >= 0.6 is 0 Å². The fraction of sp³-hybridized carbons (Fsp3) is 0.275. The van der Waals surface area contributed by atoms with Gasteiger partial charge in [-0.3, -0.25) is 0 Å². The standard InChI is InChI=1S/C40H39N3O8/c1-27-33(38(44)47-2)42-39(45)41(31-21-13-6-14-22-31)40(46)43(42)34-35(27)51-32(26-48-23-28-15-7-3-8-16-28)36(49-24-29-17-9-4-10-18-29)37(34)50-25-30-19-11-5-12-20-30/h3-22,32-34,36-37H,23-26H2,1-2H3/t32-,33+,34+,36-,37-/m1/s1. The van der Waals surface area contributed by atoms with E-state index in [1.165, 1.54) is 11.8 Å². The van der Waals surface area contributed by atoms with Crippen LogP contribution in [-0.2, 0) is 48.3 Å². The van der Waals surface area contributed by atoms with Gasteiger partial charge in [-0.05, 0) is 35.7 Å². The fourth-order valence-corrected chi connectivity index (χ4v) is 6.80. The molecule has 5 aromatic rings. The molecule has 0 bridgehead atoms. The third-order valence-electron chi connectivity index (χ3n) is 9.27. The van der Waals surface area contributed by atoms with Crippen LogP contribution in [0.3, 0.4) is 0 Å². The lowest BCUT2D eigenvalue weighted by Gasteiger charge is -2.47. The minimum atomic E-state index is -1.27. The van der Waals surface area contributed by atoms with E-state index in [-0.39, 0.29) is 19.8 Å². The lowest BCUT2D eigenvalue weighted by atomic mass is 9.90. The second-order valence-electron chi connectivity index (χ2n) is 12.5. The largest absolute Gasteiger partial charge is 0.487 e. The summed E-state index contributed by atoms with van der Waals surface area (Å²) < 4.78 is 35.2. The maximum Gasteiger partial charge on any atom is 0.352 e. The first kappa shape index (κ1) is 34.0. The molecule has 262 valence electrons. The van der Waals surface area contributed by atoms with Crippen molar-refractivity contribution >= 4 is 5.97 Å². The maximum absolute atomic E-state index is 14.5. The molecule has 3 heterocycles. The molecule has 0 aliphatic carbocycles. The molecule has 0 radical (unpaired) electrons. The number of carbonyl (C=O) groups excluding carboxylic acids is 1. The van der Waals surface area contributed by atoms with Gasteiger partial charge in [-0.15, -0.1) is 0 Å². The molecule has 1 fully saturated rings. The summed E-state index contributed by atoms with van der Waals surface area (Å²) in [5, 5.41) is 0. The molecule has 0 amide bonds. The molecule has 2 aliphatic rings. The van der Waals surface area contributed by atoms with Crippen LogP contribution in [-0.4, -0.2) is 51.9 Å². The molecule has 11 nitrogen and oxygen atoms in total. The van der Waals surface area contributed by atoms with Crippen LogP contribution < -0.4 is 11.4 Å². The van der Waals surface area contributed by atoms with E-state index in [1.54, 1.807) is 37.3 Å². The van der Waals surface area contributed by atoms with Crippen LogP contribution in [0.2, 0.25) is 0 Å². The van der Waals surface area contributed by atoms with Gasteiger partial charge in [0.05, 0.1) is 39.2 Å². The first-order chi connectivity index (χ1) is 25.0. The SMILES string of the molecule is COC(=O)[C@@H]1C(C)=C2O[C@H](COCc3ccccc3)[C@@H](OCc3ccccc3)[C@H](OCc3ccccc3)[C@H]2n2c(=O)n(-c3ccccc3)c(=O)n21. The van der Waals surface area contributed by atoms with E-state index >= 15 is 0 Å². The molecule has 51 heavy (non-hydrogen) atoms. The number of rotatable bonds is 12.